The molecule has 0 radical (unpaired) electrons. The Morgan fingerprint density at radius 3 is 2.61 bits per heavy atom. The number of allylic oxidation sites excluding steroid dienone is 1. The quantitative estimate of drug-likeness (QED) is 0.382. The van der Waals surface area contributed by atoms with E-state index in [1.807, 2.05) is 12.1 Å². The van der Waals surface area contributed by atoms with Crippen molar-refractivity contribution in [2.45, 2.75) is 64.1 Å². The Hall–Kier alpha value is -3.39. The summed E-state index contributed by atoms with van der Waals surface area (Å²) in [6.07, 6.45) is 5.75. The highest BCUT2D eigenvalue weighted by Crippen LogP contribution is 2.49. The molecule has 0 bridgehead atoms. The van der Waals surface area contributed by atoms with Crippen LogP contribution in [0.3, 0.4) is 0 Å². The minimum Gasteiger partial charge on any atom is -0.306 e. The maximum absolute atomic E-state index is 14.1. The molecule has 2 aliphatic heterocycles. The van der Waals surface area contributed by atoms with E-state index in [1.54, 1.807) is 12.3 Å². The minimum atomic E-state index is -4.56. The number of hydrogen-bond donors (Lipinski definition) is 1. The van der Waals surface area contributed by atoms with Crippen molar-refractivity contribution < 1.29 is 13.2 Å². The van der Waals surface area contributed by atoms with Crippen LogP contribution in [0.5, 0.6) is 0 Å². The average Bonchev–Trinajstić information content (AvgIpc) is 2.93. The summed E-state index contributed by atoms with van der Waals surface area (Å²) < 4.78 is 43.7. The van der Waals surface area contributed by atoms with Crippen molar-refractivity contribution in [3.05, 3.63) is 99.0 Å². The number of rotatable bonds is 6. The smallest absolute Gasteiger partial charge is 0.306 e. The topological polar surface area (TPSA) is 49.1 Å². The van der Waals surface area contributed by atoms with Crippen molar-refractivity contribution in [1.82, 2.24) is 14.7 Å². The zero-order chi connectivity index (χ0) is 28.8. The molecular weight excluding hydrogens is 525 g/mol. The number of halogens is 3. The molecule has 0 amide bonds. The van der Waals surface area contributed by atoms with E-state index < -0.39 is 17.3 Å². The number of aromatic nitrogens is 1. The van der Waals surface area contributed by atoms with Gasteiger partial charge in [0.25, 0.3) is 5.56 Å². The van der Waals surface area contributed by atoms with Gasteiger partial charge in [-0.05, 0) is 79.0 Å². The number of hydrazone groups is 1. The molecule has 8 heteroatoms. The predicted octanol–water partition coefficient (Wildman–Crippen LogP) is 6.32. The maximum Gasteiger partial charge on any atom is 0.418 e. The largest absolute Gasteiger partial charge is 0.418 e. The summed E-state index contributed by atoms with van der Waals surface area (Å²) in [5.41, 5.74) is 5.80. The summed E-state index contributed by atoms with van der Waals surface area (Å²) in [7, 11) is 0. The van der Waals surface area contributed by atoms with Gasteiger partial charge in [-0.2, -0.15) is 18.3 Å². The second-order valence-corrected chi connectivity index (χ2v) is 12.4. The zero-order valence-electron chi connectivity index (χ0n) is 23.7. The lowest BCUT2D eigenvalue weighted by Gasteiger charge is -2.47. The number of hydrogen-bond acceptors (Lipinski definition) is 4. The van der Waals surface area contributed by atoms with Gasteiger partial charge in [0.05, 0.1) is 23.3 Å². The first-order chi connectivity index (χ1) is 19.6. The van der Waals surface area contributed by atoms with Crippen molar-refractivity contribution in [3.8, 4) is 0 Å². The molecule has 1 saturated heterocycles. The molecule has 2 aromatic heterocycles. The molecule has 0 unspecified atom stereocenters. The molecule has 5 nitrogen and oxygen atoms in total. The molecule has 1 aromatic carbocycles. The molecule has 2 fully saturated rings. The van der Waals surface area contributed by atoms with E-state index in [9.17, 15) is 18.0 Å². The third-order valence-electron chi connectivity index (χ3n) is 8.99. The van der Waals surface area contributed by atoms with Gasteiger partial charge in [-0.15, -0.1) is 0 Å². The third kappa shape index (κ3) is 5.46. The monoisotopic (exact) mass is 562 g/mol. The summed E-state index contributed by atoms with van der Waals surface area (Å²) >= 11 is 0. The van der Waals surface area contributed by atoms with Gasteiger partial charge in [0.15, 0.2) is 0 Å². The van der Waals surface area contributed by atoms with Crippen molar-refractivity contribution in [1.29, 1.82) is 0 Å². The molecule has 41 heavy (non-hydrogen) atoms. The van der Waals surface area contributed by atoms with E-state index in [2.05, 4.69) is 53.6 Å². The number of fused-ring (bicyclic) bond motifs is 1. The van der Waals surface area contributed by atoms with Gasteiger partial charge in [0, 0.05) is 36.7 Å². The van der Waals surface area contributed by atoms with Crippen LogP contribution in [0, 0.1) is 11.8 Å². The highest BCUT2D eigenvalue weighted by Gasteiger charge is 2.47. The van der Waals surface area contributed by atoms with Gasteiger partial charge in [-0.3, -0.25) is 14.1 Å². The van der Waals surface area contributed by atoms with E-state index in [0.717, 1.165) is 56.6 Å². The molecule has 1 saturated carbocycles. The van der Waals surface area contributed by atoms with Crippen LogP contribution in [0.4, 0.5) is 13.2 Å². The Morgan fingerprint density at radius 2 is 1.90 bits per heavy atom. The number of nitrogens with one attached hydrogen (secondary N) is 1. The molecule has 3 aliphatic rings. The summed E-state index contributed by atoms with van der Waals surface area (Å²) in [4.78, 5) is 15.9. The van der Waals surface area contributed by atoms with Gasteiger partial charge < -0.3 is 5.43 Å². The Labute approximate surface area is 238 Å². The van der Waals surface area contributed by atoms with E-state index in [4.69, 9.17) is 0 Å². The van der Waals surface area contributed by atoms with Crippen molar-refractivity contribution in [2.24, 2.45) is 16.9 Å². The third-order valence-corrected chi connectivity index (χ3v) is 8.99. The van der Waals surface area contributed by atoms with Crippen molar-refractivity contribution >= 4 is 11.2 Å². The van der Waals surface area contributed by atoms with Gasteiger partial charge in [0.2, 0.25) is 0 Å². The molecular formula is C33H37F3N4O. The first-order valence-electron chi connectivity index (χ1n) is 14.7. The van der Waals surface area contributed by atoms with E-state index in [1.165, 1.54) is 22.1 Å². The van der Waals surface area contributed by atoms with Crippen molar-refractivity contribution in [3.63, 3.8) is 0 Å². The van der Waals surface area contributed by atoms with Crippen LogP contribution in [0.2, 0.25) is 0 Å². The first kappa shape index (κ1) is 27.8. The summed E-state index contributed by atoms with van der Waals surface area (Å²) in [6.45, 7) is 7.24. The number of likely N-dealkylation sites (tertiary alicyclic amines) is 1. The highest BCUT2D eigenvalue weighted by molar-refractivity contribution is 6.04. The van der Waals surface area contributed by atoms with Gasteiger partial charge in [-0.1, -0.05) is 50.3 Å². The zero-order valence-corrected chi connectivity index (χ0v) is 23.7. The van der Waals surface area contributed by atoms with Gasteiger partial charge in [-0.25, -0.2) is 0 Å². The predicted molar refractivity (Wildman–Crippen MR) is 156 cm³/mol. The maximum atomic E-state index is 14.1. The van der Waals surface area contributed by atoms with Crippen LogP contribution in [0.1, 0.15) is 67.3 Å². The molecule has 1 atom stereocenters. The minimum absolute atomic E-state index is 0.104. The van der Waals surface area contributed by atoms with Gasteiger partial charge in [0.1, 0.15) is 0 Å². The fraction of sp³-hybridized carbons (Fsp3) is 0.455. The Morgan fingerprint density at radius 1 is 1.07 bits per heavy atom. The molecule has 6 rings (SSSR count). The fourth-order valence-corrected chi connectivity index (χ4v) is 7.12. The number of piperidine rings is 1. The summed E-state index contributed by atoms with van der Waals surface area (Å²) in [5, 5.41) is 4.61. The lowest BCUT2D eigenvalue weighted by Crippen LogP contribution is -2.47. The molecule has 216 valence electrons. The lowest BCUT2D eigenvalue weighted by molar-refractivity contribution is -0.136. The fourth-order valence-electron chi connectivity index (χ4n) is 7.12. The van der Waals surface area contributed by atoms with Crippen LogP contribution in [-0.2, 0) is 24.6 Å². The standard InChI is InChI=1S/C33H37F3N4O/c1-22-6-5-13-39(19-22)20-25-16-28(33(34,35)36)29-11-10-26(31(41)40(29)21-25)14-24-7-3-8-27(15-24)32(17-23(2)18-32)30-9-4-12-37-38-30/h3-4,7-11,15-16,21-23,37H,5-6,12-14,17-20H2,1-2H3/t22-,23?,32?/m0/s1. The molecule has 3 aromatic rings. The number of alkyl halides is 3. The summed E-state index contributed by atoms with van der Waals surface area (Å²) in [5.74, 6) is 1.10. The molecule has 1 N–H and O–H groups in total. The molecule has 0 spiro atoms. The lowest BCUT2D eigenvalue weighted by atomic mass is 9.56. The van der Waals surface area contributed by atoms with E-state index >= 15 is 0 Å². The van der Waals surface area contributed by atoms with Crippen LogP contribution in [0.25, 0.3) is 5.52 Å². The Balaban J connectivity index is 1.35. The first-order valence-corrected chi connectivity index (χ1v) is 14.7. The Bertz CT molecular complexity index is 1560. The second kappa shape index (κ2) is 10.8. The van der Waals surface area contributed by atoms with Crippen LogP contribution in [0.15, 0.2) is 70.7 Å². The number of pyridine rings is 2. The second-order valence-electron chi connectivity index (χ2n) is 12.4. The highest BCUT2D eigenvalue weighted by atomic mass is 19.4. The molecule has 4 heterocycles. The van der Waals surface area contributed by atoms with Crippen LogP contribution < -0.4 is 11.0 Å². The summed E-state index contributed by atoms with van der Waals surface area (Å²) in [6, 6.07) is 12.5. The molecule has 1 aliphatic carbocycles. The Kier molecular flexibility index (Phi) is 7.30. The average molecular weight is 563 g/mol. The SMILES string of the molecule is CC1CC(C2=NNCC=C2)(c2cccc(Cc3ccc4c(C(F)(F)F)cc(CN5CCC[C@H](C)C5)cn4c3=O)c2)C1. The number of benzene rings is 1. The van der Waals surface area contributed by atoms with Gasteiger partial charge >= 0.3 is 6.18 Å². The van der Waals surface area contributed by atoms with E-state index in [-0.39, 0.29) is 10.9 Å². The van der Waals surface area contributed by atoms with Crippen LogP contribution in [-0.4, -0.2) is 34.6 Å². The normalized spacial score (nSPS) is 25.0. The number of nitrogens with zero attached hydrogens (tertiary/aromatic N) is 3. The van der Waals surface area contributed by atoms with Crippen LogP contribution >= 0.6 is 0 Å². The van der Waals surface area contributed by atoms with Crippen molar-refractivity contribution in [2.75, 3.05) is 19.6 Å². The van der Waals surface area contributed by atoms with E-state index in [0.29, 0.717) is 35.9 Å².